The van der Waals surface area contributed by atoms with E-state index >= 15 is 0 Å². The first kappa shape index (κ1) is 18.7. The summed E-state index contributed by atoms with van der Waals surface area (Å²) < 4.78 is 2.25. The normalized spacial score (nSPS) is 21.5. The van der Waals surface area contributed by atoms with Gasteiger partial charge in [0.15, 0.2) is 0 Å². The number of nitrogens with zero attached hydrogens (tertiary/aromatic N) is 5. The van der Waals surface area contributed by atoms with Gasteiger partial charge < -0.3 is 4.98 Å². The van der Waals surface area contributed by atoms with Crippen molar-refractivity contribution in [2.24, 2.45) is 0 Å². The van der Waals surface area contributed by atoms with E-state index in [9.17, 15) is 0 Å². The number of H-pyrrole nitrogens is 1. The Morgan fingerprint density at radius 3 is 2.93 bits per heavy atom. The van der Waals surface area contributed by atoms with Crippen LogP contribution in [0.3, 0.4) is 0 Å². The predicted octanol–water partition coefficient (Wildman–Crippen LogP) is 3.34. The van der Waals surface area contributed by atoms with Gasteiger partial charge in [0.05, 0.1) is 11.4 Å². The number of rotatable bonds is 7. The molecule has 27 heavy (non-hydrogen) atoms. The Labute approximate surface area is 163 Å². The van der Waals surface area contributed by atoms with Crippen LogP contribution in [0, 0.1) is 0 Å². The van der Waals surface area contributed by atoms with E-state index in [1.807, 2.05) is 6.20 Å². The molecule has 6 heteroatoms. The van der Waals surface area contributed by atoms with E-state index in [4.69, 9.17) is 5.10 Å². The molecule has 1 atom stereocenters. The lowest BCUT2D eigenvalue weighted by Gasteiger charge is -2.19. The van der Waals surface area contributed by atoms with Gasteiger partial charge in [-0.2, -0.15) is 5.10 Å². The number of fused-ring (bicyclic) bond motifs is 1. The zero-order valence-corrected chi connectivity index (χ0v) is 17.0. The molecule has 0 unspecified atom stereocenters. The Balaban J connectivity index is 1.38. The largest absolute Gasteiger partial charge is 0.345 e. The zero-order valence-electron chi connectivity index (χ0n) is 17.0. The third-order valence-electron chi connectivity index (χ3n) is 6.04. The van der Waals surface area contributed by atoms with Crippen molar-refractivity contribution >= 4 is 0 Å². The topological polar surface area (TPSA) is 53.0 Å². The quantitative estimate of drug-likeness (QED) is 0.812. The first-order chi connectivity index (χ1) is 13.2. The lowest BCUT2D eigenvalue weighted by atomic mass is 10.2. The molecule has 4 heterocycles. The fourth-order valence-electron chi connectivity index (χ4n) is 4.43. The van der Waals surface area contributed by atoms with Crippen LogP contribution >= 0.6 is 0 Å². The lowest BCUT2D eigenvalue weighted by Crippen LogP contribution is -2.26. The molecule has 148 valence electrons. The van der Waals surface area contributed by atoms with E-state index in [2.05, 4.69) is 44.4 Å². The lowest BCUT2D eigenvalue weighted by molar-refractivity contribution is 0.254. The van der Waals surface area contributed by atoms with Gasteiger partial charge in [0, 0.05) is 57.1 Å². The van der Waals surface area contributed by atoms with Crippen LogP contribution in [0.4, 0.5) is 0 Å². The number of hydrogen-bond acceptors (Lipinski definition) is 4. The molecule has 0 amide bonds. The van der Waals surface area contributed by atoms with Gasteiger partial charge in [0.1, 0.15) is 5.82 Å². The van der Waals surface area contributed by atoms with Crippen LogP contribution in [-0.2, 0) is 32.6 Å². The second-order valence-corrected chi connectivity index (χ2v) is 8.33. The fraction of sp³-hybridized carbons (Fsp3) is 0.714. The maximum atomic E-state index is 4.92. The maximum absolute atomic E-state index is 4.92. The van der Waals surface area contributed by atoms with Crippen LogP contribution in [0.1, 0.15) is 68.9 Å². The van der Waals surface area contributed by atoms with Crippen LogP contribution in [0.15, 0.2) is 12.3 Å². The van der Waals surface area contributed by atoms with Crippen molar-refractivity contribution in [1.29, 1.82) is 0 Å². The van der Waals surface area contributed by atoms with Gasteiger partial charge in [-0.15, -0.1) is 0 Å². The molecule has 0 radical (unpaired) electrons. The molecule has 0 spiro atoms. The van der Waals surface area contributed by atoms with E-state index in [1.165, 1.54) is 49.3 Å². The molecule has 2 aliphatic heterocycles. The minimum Gasteiger partial charge on any atom is -0.345 e. The summed E-state index contributed by atoms with van der Waals surface area (Å²) in [6.07, 6.45) is 9.30. The molecule has 4 rings (SSSR count). The van der Waals surface area contributed by atoms with Crippen molar-refractivity contribution in [3.05, 3.63) is 35.2 Å². The molecular weight excluding hydrogens is 336 g/mol. The first-order valence-corrected chi connectivity index (χ1v) is 10.8. The van der Waals surface area contributed by atoms with Crippen molar-refractivity contribution in [1.82, 2.24) is 29.5 Å². The molecule has 0 saturated carbocycles. The van der Waals surface area contributed by atoms with Crippen molar-refractivity contribution < 1.29 is 0 Å². The number of aryl methyl sites for hydroxylation is 2. The number of nitrogens with one attached hydrogen (secondary N) is 1. The summed E-state index contributed by atoms with van der Waals surface area (Å²) in [4.78, 5) is 13.2. The molecule has 2 aliphatic rings. The number of unbranched alkanes of at least 4 members (excludes halogenated alkanes) is 1. The van der Waals surface area contributed by atoms with E-state index in [0.717, 1.165) is 51.4 Å². The zero-order chi connectivity index (χ0) is 18.6. The minimum absolute atomic E-state index is 0.699. The van der Waals surface area contributed by atoms with Crippen LogP contribution in [0.25, 0.3) is 0 Å². The van der Waals surface area contributed by atoms with Gasteiger partial charge in [-0.3, -0.25) is 14.5 Å². The van der Waals surface area contributed by atoms with E-state index < -0.39 is 0 Å². The van der Waals surface area contributed by atoms with E-state index in [0.29, 0.717) is 6.04 Å². The summed E-state index contributed by atoms with van der Waals surface area (Å²) in [6, 6.07) is 3.04. The van der Waals surface area contributed by atoms with Gasteiger partial charge >= 0.3 is 0 Å². The molecule has 0 bridgehead atoms. The predicted molar refractivity (Wildman–Crippen MR) is 107 cm³/mol. The van der Waals surface area contributed by atoms with Crippen molar-refractivity contribution in [2.75, 3.05) is 13.1 Å². The van der Waals surface area contributed by atoms with Crippen molar-refractivity contribution in [3.8, 4) is 0 Å². The molecule has 6 nitrogen and oxygen atoms in total. The van der Waals surface area contributed by atoms with E-state index in [1.54, 1.807) is 0 Å². The Morgan fingerprint density at radius 2 is 2.11 bits per heavy atom. The number of likely N-dealkylation sites (tertiary alicyclic amines) is 1. The Bertz CT molecular complexity index is 733. The highest BCUT2D eigenvalue weighted by atomic mass is 15.3. The van der Waals surface area contributed by atoms with Gasteiger partial charge in [0.25, 0.3) is 0 Å². The monoisotopic (exact) mass is 370 g/mol. The van der Waals surface area contributed by atoms with Gasteiger partial charge in [-0.25, -0.2) is 4.98 Å². The molecule has 1 fully saturated rings. The molecule has 2 aromatic heterocycles. The summed E-state index contributed by atoms with van der Waals surface area (Å²) in [6.45, 7) is 10.9. The number of imidazole rings is 1. The average Bonchev–Trinajstić information content (AvgIpc) is 3.33. The second-order valence-electron chi connectivity index (χ2n) is 8.33. The number of hydrogen-bond donors (Lipinski definition) is 1. The summed E-state index contributed by atoms with van der Waals surface area (Å²) >= 11 is 0. The summed E-state index contributed by atoms with van der Waals surface area (Å²) in [5.41, 5.74) is 3.84. The first-order valence-electron chi connectivity index (χ1n) is 10.8. The fourth-order valence-corrected chi connectivity index (χ4v) is 4.43. The highest BCUT2D eigenvalue weighted by Gasteiger charge is 2.23. The SMILES string of the molecule is CCCCc1ncc(CN2CCCn3nc(CN4CCC[C@@H]4C)cc3C2)[nH]1. The van der Waals surface area contributed by atoms with Crippen LogP contribution in [-0.4, -0.2) is 48.7 Å². The highest BCUT2D eigenvalue weighted by Crippen LogP contribution is 2.21. The van der Waals surface area contributed by atoms with Gasteiger partial charge in [-0.1, -0.05) is 13.3 Å². The molecular formula is C21H34N6. The standard InChI is InChI=1S/C21H34N6/c1-3-4-8-21-22-13-19(23-21)14-25-9-6-11-27-20(16-25)12-18(24-27)15-26-10-5-7-17(26)2/h12-13,17H,3-11,14-16H2,1-2H3,(H,22,23)/t17-/m0/s1. The number of aromatic nitrogens is 4. The third kappa shape index (κ3) is 4.61. The average molecular weight is 371 g/mol. The minimum atomic E-state index is 0.699. The molecule has 2 aromatic rings. The maximum Gasteiger partial charge on any atom is 0.106 e. The molecule has 1 N–H and O–H groups in total. The summed E-state index contributed by atoms with van der Waals surface area (Å²) in [7, 11) is 0. The van der Waals surface area contributed by atoms with E-state index in [-0.39, 0.29) is 0 Å². The molecule has 0 aliphatic carbocycles. The van der Waals surface area contributed by atoms with Crippen molar-refractivity contribution in [2.45, 2.75) is 84.6 Å². The Morgan fingerprint density at radius 1 is 1.19 bits per heavy atom. The number of aromatic amines is 1. The highest BCUT2D eigenvalue weighted by molar-refractivity contribution is 5.12. The van der Waals surface area contributed by atoms with Gasteiger partial charge in [-0.05, 0) is 45.2 Å². The Hall–Kier alpha value is -1.66. The van der Waals surface area contributed by atoms with Gasteiger partial charge in [0.2, 0.25) is 0 Å². The second kappa shape index (κ2) is 8.57. The summed E-state index contributed by atoms with van der Waals surface area (Å²) in [5, 5.41) is 4.92. The molecule has 1 saturated heterocycles. The van der Waals surface area contributed by atoms with Crippen LogP contribution in [0.5, 0.6) is 0 Å². The van der Waals surface area contributed by atoms with Crippen LogP contribution < -0.4 is 0 Å². The summed E-state index contributed by atoms with van der Waals surface area (Å²) in [5.74, 6) is 1.13. The third-order valence-corrected chi connectivity index (χ3v) is 6.04. The van der Waals surface area contributed by atoms with Crippen LogP contribution in [0.2, 0.25) is 0 Å². The van der Waals surface area contributed by atoms with Crippen molar-refractivity contribution in [3.63, 3.8) is 0 Å². The Kier molecular flexibility index (Phi) is 5.93. The molecule has 0 aromatic carbocycles. The smallest absolute Gasteiger partial charge is 0.106 e.